The zero-order valence-corrected chi connectivity index (χ0v) is 18.8. The molecule has 1 saturated heterocycles. The number of para-hydroxylation sites is 1. The van der Waals surface area contributed by atoms with Crippen molar-refractivity contribution in [1.82, 2.24) is 9.21 Å². The van der Waals surface area contributed by atoms with E-state index in [9.17, 15) is 13.2 Å². The average molecular weight is 451 g/mol. The summed E-state index contributed by atoms with van der Waals surface area (Å²) >= 11 is 6.28. The van der Waals surface area contributed by atoms with Crippen LogP contribution in [0, 0.1) is 0 Å². The molecule has 0 spiro atoms. The Morgan fingerprint density at radius 3 is 2.27 bits per heavy atom. The molecular formula is C21H27ClN4O3S. The van der Waals surface area contributed by atoms with Gasteiger partial charge in [0, 0.05) is 58.9 Å². The van der Waals surface area contributed by atoms with Gasteiger partial charge in [0.2, 0.25) is 15.9 Å². The number of carbonyl (C=O) groups excluding carboxylic acids is 1. The minimum atomic E-state index is -3.47. The summed E-state index contributed by atoms with van der Waals surface area (Å²) in [4.78, 5) is 17.0. The highest BCUT2D eigenvalue weighted by Crippen LogP contribution is 2.26. The Morgan fingerprint density at radius 1 is 1.03 bits per heavy atom. The second kappa shape index (κ2) is 9.78. The van der Waals surface area contributed by atoms with E-state index in [4.69, 9.17) is 11.6 Å². The predicted octanol–water partition coefficient (Wildman–Crippen LogP) is 2.74. The maximum absolute atomic E-state index is 12.3. The first-order valence-electron chi connectivity index (χ1n) is 9.81. The van der Waals surface area contributed by atoms with Gasteiger partial charge in [0.1, 0.15) is 0 Å². The number of nitrogens with one attached hydrogen (secondary N) is 1. The van der Waals surface area contributed by atoms with Crippen LogP contribution in [0.15, 0.2) is 53.4 Å². The lowest BCUT2D eigenvalue weighted by Gasteiger charge is -2.36. The number of anilines is 2. The molecule has 9 heteroatoms. The molecule has 1 fully saturated rings. The highest BCUT2D eigenvalue weighted by atomic mass is 35.5. The van der Waals surface area contributed by atoms with E-state index < -0.39 is 10.0 Å². The van der Waals surface area contributed by atoms with Crippen molar-refractivity contribution in [1.29, 1.82) is 0 Å². The van der Waals surface area contributed by atoms with Crippen LogP contribution >= 0.6 is 11.6 Å². The van der Waals surface area contributed by atoms with Gasteiger partial charge >= 0.3 is 0 Å². The Morgan fingerprint density at radius 2 is 1.67 bits per heavy atom. The third-order valence-electron chi connectivity index (χ3n) is 5.14. The van der Waals surface area contributed by atoms with E-state index in [-0.39, 0.29) is 10.8 Å². The maximum atomic E-state index is 12.3. The summed E-state index contributed by atoms with van der Waals surface area (Å²) in [6, 6.07) is 14.1. The van der Waals surface area contributed by atoms with Crippen molar-refractivity contribution in [2.24, 2.45) is 0 Å². The molecule has 0 atom stereocenters. The minimum absolute atomic E-state index is 0.0910. The average Bonchev–Trinajstić information content (AvgIpc) is 2.73. The SMILES string of the molecule is CN(C)S(=O)(=O)c1ccc(NC(=O)CCN2CCN(c3ccccc3Cl)CC2)cc1. The van der Waals surface area contributed by atoms with Crippen molar-refractivity contribution in [2.75, 3.05) is 57.0 Å². The zero-order valence-electron chi connectivity index (χ0n) is 17.2. The van der Waals surface area contributed by atoms with Crippen LogP contribution < -0.4 is 10.2 Å². The number of rotatable bonds is 7. The van der Waals surface area contributed by atoms with Gasteiger partial charge in [-0.2, -0.15) is 0 Å². The third-order valence-corrected chi connectivity index (χ3v) is 7.29. The maximum Gasteiger partial charge on any atom is 0.242 e. The lowest BCUT2D eigenvalue weighted by Crippen LogP contribution is -2.47. The van der Waals surface area contributed by atoms with Gasteiger partial charge < -0.3 is 10.2 Å². The molecule has 1 amide bonds. The van der Waals surface area contributed by atoms with E-state index in [0.717, 1.165) is 41.2 Å². The molecule has 30 heavy (non-hydrogen) atoms. The highest BCUT2D eigenvalue weighted by Gasteiger charge is 2.20. The highest BCUT2D eigenvalue weighted by molar-refractivity contribution is 7.89. The number of piperazine rings is 1. The number of halogens is 1. The minimum Gasteiger partial charge on any atom is -0.368 e. The molecule has 2 aromatic rings. The van der Waals surface area contributed by atoms with Gasteiger partial charge in [-0.15, -0.1) is 0 Å². The molecule has 1 N–H and O–H groups in total. The Bertz CT molecular complexity index is 972. The van der Waals surface area contributed by atoms with Crippen molar-refractivity contribution in [3.63, 3.8) is 0 Å². The number of sulfonamides is 1. The van der Waals surface area contributed by atoms with Crippen molar-refractivity contribution >= 4 is 38.9 Å². The molecule has 0 radical (unpaired) electrons. The molecule has 1 aliphatic heterocycles. The number of nitrogens with zero attached hydrogens (tertiary/aromatic N) is 3. The Balaban J connectivity index is 1.45. The quantitative estimate of drug-likeness (QED) is 0.702. The summed E-state index contributed by atoms with van der Waals surface area (Å²) in [5.74, 6) is -0.0910. The van der Waals surface area contributed by atoms with Gasteiger partial charge in [0.25, 0.3) is 0 Å². The first kappa shape index (κ1) is 22.6. The molecule has 7 nitrogen and oxygen atoms in total. The van der Waals surface area contributed by atoms with Crippen molar-refractivity contribution in [2.45, 2.75) is 11.3 Å². The topological polar surface area (TPSA) is 73.0 Å². The fourth-order valence-electron chi connectivity index (χ4n) is 3.32. The van der Waals surface area contributed by atoms with E-state index in [1.54, 1.807) is 12.1 Å². The van der Waals surface area contributed by atoms with Gasteiger partial charge in [-0.25, -0.2) is 12.7 Å². The van der Waals surface area contributed by atoms with Crippen LogP contribution in [0.2, 0.25) is 5.02 Å². The second-order valence-corrected chi connectivity index (χ2v) is 9.95. The molecular weight excluding hydrogens is 424 g/mol. The number of hydrogen-bond acceptors (Lipinski definition) is 5. The summed E-state index contributed by atoms with van der Waals surface area (Å²) < 4.78 is 25.4. The summed E-state index contributed by atoms with van der Waals surface area (Å²) in [7, 11) is -0.502. The predicted molar refractivity (Wildman–Crippen MR) is 121 cm³/mol. The van der Waals surface area contributed by atoms with E-state index in [0.29, 0.717) is 18.7 Å². The summed E-state index contributed by atoms with van der Waals surface area (Å²) in [6.45, 7) is 4.15. The fourth-order valence-corrected chi connectivity index (χ4v) is 4.48. The number of benzene rings is 2. The van der Waals surface area contributed by atoms with Crippen LogP contribution in [0.5, 0.6) is 0 Å². The Hall–Kier alpha value is -2.13. The Labute approximate surface area is 183 Å². The van der Waals surface area contributed by atoms with Gasteiger partial charge in [0.05, 0.1) is 15.6 Å². The van der Waals surface area contributed by atoms with E-state index in [2.05, 4.69) is 15.1 Å². The van der Waals surface area contributed by atoms with Crippen molar-refractivity contribution < 1.29 is 13.2 Å². The van der Waals surface area contributed by atoms with Gasteiger partial charge in [0.15, 0.2) is 0 Å². The number of carbonyl (C=O) groups is 1. The lowest BCUT2D eigenvalue weighted by molar-refractivity contribution is -0.116. The van der Waals surface area contributed by atoms with Crippen LogP contribution in [-0.2, 0) is 14.8 Å². The smallest absolute Gasteiger partial charge is 0.242 e. The van der Waals surface area contributed by atoms with E-state index in [1.807, 2.05) is 24.3 Å². The summed E-state index contributed by atoms with van der Waals surface area (Å²) in [5, 5.41) is 3.59. The lowest BCUT2D eigenvalue weighted by atomic mass is 10.2. The first-order chi connectivity index (χ1) is 14.3. The van der Waals surface area contributed by atoms with Gasteiger partial charge in [-0.1, -0.05) is 23.7 Å². The fraction of sp³-hybridized carbons (Fsp3) is 0.381. The largest absolute Gasteiger partial charge is 0.368 e. The van der Waals surface area contributed by atoms with Gasteiger partial charge in [-0.3, -0.25) is 9.69 Å². The van der Waals surface area contributed by atoms with Crippen LogP contribution in [-0.4, -0.2) is 70.3 Å². The summed E-state index contributed by atoms with van der Waals surface area (Å²) in [6.07, 6.45) is 0.379. The first-order valence-corrected chi connectivity index (χ1v) is 11.6. The molecule has 2 aromatic carbocycles. The monoisotopic (exact) mass is 450 g/mol. The molecule has 1 heterocycles. The molecule has 3 rings (SSSR count). The van der Waals surface area contributed by atoms with Crippen LogP contribution in [0.1, 0.15) is 6.42 Å². The standard InChI is InChI=1S/C21H27ClN4O3S/c1-24(2)30(28,29)18-9-7-17(8-10-18)23-21(27)11-12-25-13-15-26(16-14-25)20-6-4-3-5-19(20)22/h3-10H,11-16H2,1-2H3,(H,23,27). The number of hydrogen-bond donors (Lipinski definition) is 1. The summed E-state index contributed by atoms with van der Waals surface area (Å²) in [5.41, 5.74) is 1.64. The molecule has 1 aliphatic rings. The van der Waals surface area contributed by atoms with E-state index >= 15 is 0 Å². The van der Waals surface area contributed by atoms with Gasteiger partial charge in [-0.05, 0) is 36.4 Å². The van der Waals surface area contributed by atoms with Crippen LogP contribution in [0.4, 0.5) is 11.4 Å². The number of amides is 1. The normalized spacial score (nSPS) is 15.4. The molecule has 0 aromatic heterocycles. The second-order valence-electron chi connectivity index (χ2n) is 7.39. The molecule has 0 aliphatic carbocycles. The molecule has 0 saturated carbocycles. The van der Waals surface area contributed by atoms with E-state index in [1.165, 1.54) is 26.2 Å². The van der Waals surface area contributed by atoms with Crippen LogP contribution in [0.3, 0.4) is 0 Å². The van der Waals surface area contributed by atoms with Crippen molar-refractivity contribution in [3.05, 3.63) is 53.6 Å². The van der Waals surface area contributed by atoms with Crippen LogP contribution in [0.25, 0.3) is 0 Å². The zero-order chi connectivity index (χ0) is 21.7. The molecule has 0 unspecified atom stereocenters. The molecule has 0 bridgehead atoms. The Kier molecular flexibility index (Phi) is 7.36. The van der Waals surface area contributed by atoms with Crippen molar-refractivity contribution in [3.8, 4) is 0 Å². The molecule has 162 valence electrons. The third kappa shape index (κ3) is 5.51.